The monoisotopic (exact) mass is 243 g/mol. The second-order valence-corrected chi connectivity index (χ2v) is 4.00. The number of benzene rings is 1. The fraction of sp³-hybridized carbons (Fsp3) is 0.143. The maximum atomic E-state index is 11.3. The van der Waals surface area contributed by atoms with E-state index in [-0.39, 0.29) is 5.56 Å². The van der Waals surface area contributed by atoms with Crippen LogP contribution in [0, 0.1) is 0 Å². The van der Waals surface area contributed by atoms with Crippen LogP contribution < -0.4 is 5.43 Å². The van der Waals surface area contributed by atoms with Gasteiger partial charge in [0.15, 0.2) is 5.43 Å². The summed E-state index contributed by atoms with van der Waals surface area (Å²) in [5.41, 5.74) is 0.525. The molecule has 0 bridgehead atoms. The molecule has 0 saturated carbocycles. The third-order valence-corrected chi connectivity index (χ3v) is 2.71. The van der Waals surface area contributed by atoms with Gasteiger partial charge < -0.3 is 9.67 Å². The van der Waals surface area contributed by atoms with Crippen LogP contribution in [0.4, 0.5) is 0 Å². The molecule has 1 N–H and O–H groups in total. The van der Waals surface area contributed by atoms with Crippen LogP contribution in [0.2, 0.25) is 0 Å². The van der Waals surface area contributed by atoms with Gasteiger partial charge in [0.1, 0.15) is 5.56 Å². The maximum absolute atomic E-state index is 11.3. The Labute approximate surface area is 104 Å². The van der Waals surface area contributed by atoms with E-state index in [1.54, 1.807) is 10.8 Å². The molecule has 0 spiro atoms. The van der Waals surface area contributed by atoms with Crippen molar-refractivity contribution in [3.63, 3.8) is 0 Å². The molecule has 18 heavy (non-hydrogen) atoms. The average molecular weight is 243 g/mol. The fourth-order valence-corrected chi connectivity index (χ4v) is 1.73. The lowest BCUT2D eigenvalue weighted by atomic mass is 10.1. The Balaban J connectivity index is 2.13. The molecule has 1 aromatic carbocycles. The number of pyridine rings is 1. The first-order valence-corrected chi connectivity index (χ1v) is 5.64. The van der Waals surface area contributed by atoms with Crippen molar-refractivity contribution in [2.24, 2.45) is 0 Å². The fourth-order valence-electron chi connectivity index (χ4n) is 1.73. The Hall–Kier alpha value is -2.36. The van der Waals surface area contributed by atoms with Gasteiger partial charge in [-0.3, -0.25) is 4.79 Å². The van der Waals surface area contributed by atoms with Crippen molar-refractivity contribution >= 4 is 5.97 Å². The van der Waals surface area contributed by atoms with Crippen molar-refractivity contribution in [2.45, 2.75) is 13.0 Å². The molecule has 0 aliphatic heterocycles. The highest BCUT2D eigenvalue weighted by Crippen LogP contribution is 2.02. The molecule has 0 saturated heterocycles. The van der Waals surface area contributed by atoms with Crippen molar-refractivity contribution in [1.82, 2.24) is 4.57 Å². The Morgan fingerprint density at radius 2 is 1.89 bits per heavy atom. The van der Waals surface area contributed by atoms with Crippen molar-refractivity contribution in [2.75, 3.05) is 0 Å². The molecule has 0 unspecified atom stereocenters. The van der Waals surface area contributed by atoms with Crippen LogP contribution in [0.5, 0.6) is 0 Å². The quantitative estimate of drug-likeness (QED) is 0.890. The van der Waals surface area contributed by atoms with Crippen LogP contribution >= 0.6 is 0 Å². The number of carboxylic acids is 1. The predicted molar refractivity (Wildman–Crippen MR) is 67.8 cm³/mol. The molecular weight excluding hydrogens is 230 g/mol. The maximum Gasteiger partial charge on any atom is 0.341 e. The van der Waals surface area contributed by atoms with E-state index >= 15 is 0 Å². The molecule has 2 rings (SSSR count). The van der Waals surface area contributed by atoms with E-state index in [9.17, 15) is 9.59 Å². The third-order valence-electron chi connectivity index (χ3n) is 2.71. The molecule has 0 aliphatic rings. The Bertz CT molecular complexity index is 602. The van der Waals surface area contributed by atoms with Gasteiger partial charge in [0, 0.05) is 25.0 Å². The van der Waals surface area contributed by atoms with Crippen LogP contribution in [-0.4, -0.2) is 15.6 Å². The molecular formula is C14H13NO3. The lowest BCUT2D eigenvalue weighted by Gasteiger charge is -2.07. The first-order chi connectivity index (χ1) is 8.66. The molecule has 1 aromatic heterocycles. The van der Waals surface area contributed by atoms with E-state index in [2.05, 4.69) is 0 Å². The van der Waals surface area contributed by atoms with E-state index < -0.39 is 11.4 Å². The summed E-state index contributed by atoms with van der Waals surface area (Å²) in [6.07, 6.45) is 3.79. The Morgan fingerprint density at radius 1 is 1.17 bits per heavy atom. The van der Waals surface area contributed by atoms with Gasteiger partial charge >= 0.3 is 5.97 Å². The van der Waals surface area contributed by atoms with E-state index in [0.717, 1.165) is 6.42 Å². The molecule has 92 valence electrons. The molecule has 4 heteroatoms. The SMILES string of the molecule is O=C(O)c1cn(CCc2ccccc2)ccc1=O. The lowest BCUT2D eigenvalue weighted by Crippen LogP contribution is -2.17. The van der Waals surface area contributed by atoms with Crippen LogP contribution in [0.15, 0.2) is 53.6 Å². The van der Waals surface area contributed by atoms with Crippen LogP contribution in [0.25, 0.3) is 0 Å². The highest BCUT2D eigenvalue weighted by atomic mass is 16.4. The van der Waals surface area contributed by atoms with Crippen molar-refractivity contribution in [1.29, 1.82) is 0 Å². The van der Waals surface area contributed by atoms with Gasteiger partial charge in [0.05, 0.1) is 0 Å². The largest absolute Gasteiger partial charge is 0.477 e. The first-order valence-electron chi connectivity index (χ1n) is 5.64. The topological polar surface area (TPSA) is 59.3 Å². The average Bonchev–Trinajstić information content (AvgIpc) is 2.38. The van der Waals surface area contributed by atoms with Crippen LogP contribution in [0.1, 0.15) is 15.9 Å². The lowest BCUT2D eigenvalue weighted by molar-refractivity contribution is 0.0694. The standard InChI is InChI=1S/C14H13NO3/c16-13-7-9-15(10-12(13)14(17)18)8-6-11-4-2-1-3-5-11/h1-5,7,9-10H,6,8H2,(H,17,18). The Kier molecular flexibility index (Phi) is 3.57. The van der Waals surface area contributed by atoms with E-state index in [1.165, 1.54) is 17.8 Å². The Morgan fingerprint density at radius 3 is 2.56 bits per heavy atom. The molecule has 2 aromatic rings. The number of nitrogens with zero attached hydrogens (tertiary/aromatic N) is 1. The van der Waals surface area contributed by atoms with Gasteiger partial charge in [-0.25, -0.2) is 4.79 Å². The summed E-state index contributed by atoms with van der Waals surface area (Å²) in [5, 5.41) is 8.86. The summed E-state index contributed by atoms with van der Waals surface area (Å²) < 4.78 is 1.72. The summed E-state index contributed by atoms with van der Waals surface area (Å²) in [6, 6.07) is 11.2. The predicted octanol–water partition coefficient (Wildman–Crippen LogP) is 1.79. The highest BCUT2D eigenvalue weighted by Gasteiger charge is 2.07. The molecule has 0 aliphatic carbocycles. The van der Waals surface area contributed by atoms with Gasteiger partial charge in [0.2, 0.25) is 0 Å². The van der Waals surface area contributed by atoms with Gasteiger partial charge in [-0.15, -0.1) is 0 Å². The normalized spacial score (nSPS) is 10.2. The van der Waals surface area contributed by atoms with Gasteiger partial charge in [-0.05, 0) is 12.0 Å². The van der Waals surface area contributed by atoms with Gasteiger partial charge in [-0.2, -0.15) is 0 Å². The highest BCUT2D eigenvalue weighted by molar-refractivity contribution is 5.86. The second-order valence-electron chi connectivity index (χ2n) is 4.00. The smallest absolute Gasteiger partial charge is 0.341 e. The first kappa shape index (κ1) is 12.1. The van der Waals surface area contributed by atoms with Crippen molar-refractivity contribution in [3.05, 3.63) is 70.1 Å². The zero-order valence-electron chi connectivity index (χ0n) is 9.74. The number of aryl methyl sites for hydroxylation is 2. The van der Waals surface area contributed by atoms with E-state index in [1.807, 2.05) is 30.3 Å². The van der Waals surface area contributed by atoms with E-state index in [0.29, 0.717) is 6.54 Å². The van der Waals surface area contributed by atoms with Crippen molar-refractivity contribution < 1.29 is 9.90 Å². The number of hydrogen-bond acceptors (Lipinski definition) is 2. The molecule has 1 heterocycles. The summed E-state index contributed by atoms with van der Waals surface area (Å²) in [4.78, 5) is 22.1. The number of rotatable bonds is 4. The second kappa shape index (κ2) is 5.31. The zero-order valence-corrected chi connectivity index (χ0v) is 9.74. The summed E-state index contributed by atoms with van der Waals surface area (Å²) in [5.74, 6) is -1.19. The van der Waals surface area contributed by atoms with Crippen molar-refractivity contribution in [3.8, 4) is 0 Å². The number of aromatic nitrogens is 1. The summed E-state index contributed by atoms with van der Waals surface area (Å²) >= 11 is 0. The van der Waals surface area contributed by atoms with Gasteiger partial charge in [0.25, 0.3) is 0 Å². The third kappa shape index (κ3) is 2.85. The van der Waals surface area contributed by atoms with Crippen LogP contribution in [0.3, 0.4) is 0 Å². The molecule has 0 atom stereocenters. The minimum Gasteiger partial charge on any atom is -0.477 e. The number of hydrogen-bond donors (Lipinski definition) is 1. The molecule has 0 fully saturated rings. The zero-order chi connectivity index (χ0) is 13.0. The minimum atomic E-state index is -1.19. The molecule has 0 radical (unpaired) electrons. The van der Waals surface area contributed by atoms with Gasteiger partial charge in [-0.1, -0.05) is 30.3 Å². The summed E-state index contributed by atoms with van der Waals surface area (Å²) in [6.45, 7) is 0.643. The van der Waals surface area contributed by atoms with E-state index in [4.69, 9.17) is 5.11 Å². The minimum absolute atomic E-state index is 0.189. The summed E-state index contributed by atoms with van der Waals surface area (Å²) in [7, 11) is 0. The number of carboxylic acid groups (broad SMARTS) is 1. The molecule has 0 amide bonds. The molecule has 4 nitrogen and oxygen atoms in total. The number of carbonyl (C=O) groups is 1. The number of aromatic carboxylic acids is 1. The van der Waals surface area contributed by atoms with Crippen LogP contribution in [-0.2, 0) is 13.0 Å².